The van der Waals surface area contributed by atoms with Crippen LogP contribution in [0.25, 0.3) is 78.7 Å². The van der Waals surface area contributed by atoms with Crippen LogP contribution in [0.5, 0.6) is 23.0 Å². The van der Waals surface area contributed by atoms with E-state index in [1.54, 1.807) is 28.4 Å². The monoisotopic (exact) mass is 733 g/mol. The number of hydrogen-bond acceptors (Lipinski definition) is 7. The van der Waals surface area contributed by atoms with Crippen LogP contribution in [0.4, 0.5) is 0 Å². The van der Waals surface area contributed by atoms with Gasteiger partial charge in [0.15, 0.2) is 40.5 Å². The number of ether oxygens (including phenoxy) is 4. The fourth-order valence-electron chi connectivity index (χ4n) is 6.99. The molecule has 1 heterocycles. The van der Waals surface area contributed by atoms with E-state index in [-0.39, 0.29) is 0 Å². The molecule has 0 bridgehead atoms. The van der Waals surface area contributed by atoms with Crippen molar-refractivity contribution in [1.29, 1.82) is 0 Å². The molecular weight excluding hydrogens is 695 g/mol. The first-order valence-corrected chi connectivity index (χ1v) is 18.2. The Morgan fingerprint density at radius 2 is 0.625 bits per heavy atom. The lowest BCUT2D eigenvalue weighted by Gasteiger charge is -2.18. The number of nitrogens with zero attached hydrogens (tertiary/aromatic N) is 3. The van der Waals surface area contributed by atoms with Gasteiger partial charge in [-0.25, -0.2) is 15.0 Å². The van der Waals surface area contributed by atoms with E-state index < -0.39 is 0 Å². The molecule has 0 atom stereocenters. The van der Waals surface area contributed by atoms with E-state index in [9.17, 15) is 0 Å². The average Bonchev–Trinajstić information content (AvgIpc) is 3.28. The van der Waals surface area contributed by atoms with Gasteiger partial charge in [-0.2, -0.15) is 0 Å². The normalized spacial score (nSPS) is 10.9. The van der Waals surface area contributed by atoms with E-state index in [1.165, 1.54) is 0 Å². The fraction of sp³-hybridized carbons (Fsp3) is 0.0816. The van der Waals surface area contributed by atoms with Gasteiger partial charge in [0.2, 0.25) is 0 Å². The Balaban J connectivity index is 1.40. The Hall–Kier alpha value is -7.25. The summed E-state index contributed by atoms with van der Waals surface area (Å²) in [6, 6.07) is 55.2. The van der Waals surface area contributed by atoms with Gasteiger partial charge in [0.1, 0.15) is 0 Å². The third-order valence-corrected chi connectivity index (χ3v) is 9.69. The van der Waals surface area contributed by atoms with Crippen molar-refractivity contribution in [3.63, 3.8) is 0 Å². The second-order valence-electron chi connectivity index (χ2n) is 13.1. The zero-order valence-electron chi connectivity index (χ0n) is 31.6. The minimum atomic E-state index is 0.567. The Morgan fingerprint density at radius 3 is 1.04 bits per heavy atom. The molecule has 0 aliphatic heterocycles. The van der Waals surface area contributed by atoms with Crippen LogP contribution in [0.1, 0.15) is 0 Å². The van der Waals surface area contributed by atoms with Gasteiger partial charge in [0.05, 0.1) is 28.4 Å². The lowest BCUT2D eigenvalue weighted by atomic mass is 9.90. The summed E-state index contributed by atoms with van der Waals surface area (Å²) in [6.45, 7) is 0. The molecule has 0 saturated carbocycles. The molecule has 0 spiro atoms. The molecule has 7 heteroatoms. The highest BCUT2D eigenvalue weighted by Crippen LogP contribution is 2.45. The van der Waals surface area contributed by atoms with Gasteiger partial charge in [-0.1, -0.05) is 115 Å². The number of benzene rings is 7. The topological polar surface area (TPSA) is 75.6 Å². The van der Waals surface area contributed by atoms with Gasteiger partial charge in [-0.3, -0.25) is 0 Å². The average molecular weight is 734 g/mol. The van der Waals surface area contributed by atoms with Crippen LogP contribution in [0.15, 0.2) is 164 Å². The lowest BCUT2D eigenvalue weighted by molar-refractivity contribution is 0.356. The van der Waals surface area contributed by atoms with Crippen molar-refractivity contribution in [3.8, 4) is 102 Å². The van der Waals surface area contributed by atoms with Crippen molar-refractivity contribution < 1.29 is 18.9 Å². The molecule has 56 heavy (non-hydrogen) atoms. The molecule has 0 aliphatic rings. The first-order chi connectivity index (χ1) is 27.6. The van der Waals surface area contributed by atoms with Crippen molar-refractivity contribution >= 4 is 0 Å². The van der Waals surface area contributed by atoms with Crippen molar-refractivity contribution in [1.82, 2.24) is 15.0 Å². The maximum Gasteiger partial charge on any atom is 0.168 e. The molecular formula is C49H39N3O4. The summed E-state index contributed by atoms with van der Waals surface area (Å²) in [7, 11) is 6.62. The molecule has 274 valence electrons. The Morgan fingerprint density at radius 1 is 0.286 bits per heavy atom. The molecule has 0 N–H and O–H groups in total. The number of rotatable bonds is 11. The summed E-state index contributed by atoms with van der Waals surface area (Å²) >= 11 is 0. The summed E-state index contributed by atoms with van der Waals surface area (Å²) < 4.78 is 23.4. The largest absolute Gasteiger partial charge is 0.493 e. The van der Waals surface area contributed by atoms with Crippen LogP contribution in [0, 0.1) is 0 Å². The first-order valence-electron chi connectivity index (χ1n) is 18.2. The Kier molecular flexibility index (Phi) is 10.2. The van der Waals surface area contributed by atoms with E-state index in [2.05, 4.69) is 60.7 Å². The molecule has 0 unspecified atom stereocenters. The summed E-state index contributed by atoms with van der Waals surface area (Å²) in [6.07, 6.45) is 0. The minimum Gasteiger partial charge on any atom is -0.493 e. The van der Waals surface area contributed by atoms with Crippen LogP contribution in [-0.4, -0.2) is 43.4 Å². The number of hydrogen-bond donors (Lipinski definition) is 0. The third-order valence-electron chi connectivity index (χ3n) is 9.69. The zero-order chi connectivity index (χ0) is 38.4. The first kappa shape index (κ1) is 35.8. The molecule has 7 aromatic carbocycles. The predicted molar refractivity (Wildman–Crippen MR) is 224 cm³/mol. The SMILES string of the molecule is COc1cccc(-c2cc(-c3cc(-c4ccccc4)cc(-c4nc(-c5ccccc5)nc(-c5ccccc5)n4)c3)cc(-c3cccc(OC)c3OC)c2)c1OC. The maximum absolute atomic E-state index is 5.95. The fourth-order valence-corrected chi connectivity index (χ4v) is 6.99. The van der Waals surface area contributed by atoms with Crippen LogP contribution in [0.2, 0.25) is 0 Å². The molecule has 0 radical (unpaired) electrons. The molecule has 8 rings (SSSR count). The van der Waals surface area contributed by atoms with Crippen LogP contribution < -0.4 is 18.9 Å². The number of aromatic nitrogens is 3. The quantitative estimate of drug-likeness (QED) is 0.131. The van der Waals surface area contributed by atoms with E-state index in [0.29, 0.717) is 40.5 Å². The predicted octanol–water partition coefficient (Wildman–Crippen LogP) is 11.6. The molecule has 1 aromatic heterocycles. The van der Waals surface area contributed by atoms with Gasteiger partial charge in [-0.15, -0.1) is 0 Å². The van der Waals surface area contributed by atoms with Crippen LogP contribution >= 0.6 is 0 Å². The summed E-state index contributed by atoms with van der Waals surface area (Å²) in [5.41, 5.74) is 10.3. The lowest BCUT2D eigenvalue weighted by Crippen LogP contribution is -2.00. The zero-order valence-corrected chi connectivity index (χ0v) is 31.6. The Bertz CT molecular complexity index is 2500. The highest BCUT2D eigenvalue weighted by atomic mass is 16.5. The van der Waals surface area contributed by atoms with E-state index in [1.807, 2.05) is 103 Å². The molecule has 0 amide bonds. The molecule has 0 aliphatic carbocycles. The summed E-state index contributed by atoms with van der Waals surface area (Å²) in [4.78, 5) is 15.1. The summed E-state index contributed by atoms with van der Waals surface area (Å²) in [5, 5.41) is 0. The number of methoxy groups -OCH3 is 4. The van der Waals surface area contributed by atoms with Crippen molar-refractivity contribution in [2.75, 3.05) is 28.4 Å². The van der Waals surface area contributed by atoms with Gasteiger partial charge in [-0.05, 0) is 81.9 Å². The highest BCUT2D eigenvalue weighted by molar-refractivity contribution is 5.88. The maximum atomic E-state index is 5.95. The van der Waals surface area contributed by atoms with Crippen molar-refractivity contribution in [2.24, 2.45) is 0 Å². The highest BCUT2D eigenvalue weighted by Gasteiger charge is 2.19. The third kappa shape index (κ3) is 7.18. The minimum absolute atomic E-state index is 0.567. The van der Waals surface area contributed by atoms with Gasteiger partial charge < -0.3 is 18.9 Å². The Labute approximate surface area is 326 Å². The molecule has 8 aromatic rings. The summed E-state index contributed by atoms with van der Waals surface area (Å²) in [5.74, 6) is 4.33. The number of para-hydroxylation sites is 2. The van der Waals surface area contributed by atoms with Crippen LogP contribution in [-0.2, 0) is 0 Å². The van der Waals surface area contributed by atoms with E-state index in [0.717, 1.165) is 61.2 Å². The van der Waals surface area contributed by atoms with Gasteiger partial charge >= 0.3 is 0 Å². The standard InChI is InChI=1S/C49H39N3O4/c1-53-43-24-14-22-41(45(43)55-3)38-27-37(28-39(31-38)42-23-15-25-44(54-2)46(42)56-4)36-26-35(32-16-8-5-9-17-32)29-40(30-36)49-51-47(33-18-10-6-11-19-33)50-48(52-49)34-20-12-7-13-21-34/h5-31H,1-4H3. The molecule has 7 nitrogen and oxygen atoms in total. The van der Waals surface area contributed by atoms with E-state index in [4.69, 9.17) is 33.9 Å². The van der Waals surface area contributed by atoms with Crippen molar-refractivity contribution in [2.45, 2.75) is 0 Å². The van der Waals surface area contributed by atoms with Gasteiger partial charge in [0.25, 0.3) is 0 Å². The van der Waals surface area contributed by atoms with Crippen molar-refractivity contribution in [3.05, 3.63) is 164 Å². The molecule has 0 fully saturated rings. The van der Waals surface area contributed by atoms with E-state index >= 15 is 0 Å². The van der Waals surface area contributed by atoms with Crippen LogP contribution in [0.3, 0.4) is 0 Å². The molecule has 0 saturated heterocycles. The second-order valence-corrected chi connectivity index (χ2v) is 13.1. The smallest absolute Gasteiger partial charge is 0.168 e. The van der Waals surface area contributed by atoms with Gasteiger partial charge in [0, 0.05) is 27.8 Å². The second kappa shape index (κ2) is 16.0.